The molecule has 1 N–H and O–H groups in total. The molecule has 1 aromatic rings. The Morgan fingerprint density at radius 3 is 2.80 bits per heavy atom. The number of hydrogen-bond donors (Lipinski definition) is 1. The smallest absolute Gasteiger partial charge is 0.307 e. The molecule has 0 aromatic carbocycles. The van der Waals surface area contributed by atoms with Crippen molar-refractivity contribution in [1.82, 2.24) is 5.43 Å². The van der Waals surface area contributed by atoms with Crippen LogP contribution in [0.15, 0.2) is 21.7 Å². The molecule has 4 heteroatoms. The van der Waals surface area contributed by atoms with E-state index in [9.17, 15) is 4.79 Å². The molecule has 1 heterocycles. The van der Waals surface area contributed by atoms with Crippen LogP contribution in [0.3, 0.4) is 0 Å². The zero-order valence-electron chi connectivity index (χ0n) is 9.33. The second-order valence-electron chi connectivity index (χ2n) is 3.45. The van der Waals surface area contributed by atoms with Gasteiger partial charge in [0, 0.05) is 5.71 Å². The lowest BCUT2D eigenvalue weighted by Gasteiger charge is -1.98. The minimum atomic E-state index is -0.307. The zero-order chi connectivity index (χ0) is 11.3. The van der Waals surface area contributed by atoms with E-state index in [-0.39, 0.29) is 5.91 Å². The lowest BCUT2D eigenvalue weighted by atomic mass is 10.2. The van der Waals surface area contributed by atoms with Crippen molar-refractivity contribution in [2.24, 2.45) is 5.10 Å². The van der Waals surface area contributed by atoms with E-state index in [1.165, 1.54) is 0 Å². The summed E-state index contributed by atoms with van der Waals surface area (Å²) < 4.78 is 5.16. The number of amides is 1. The number of rotatable bonds is 4. The van der Waals surface area contributed by atoms with E-state index >= 15 is 0 Å². The molecule has 0 spiro atoms. The fourth-order valence-electron chi connectivity index (χ4n) is 1.18. The molecule has 1 amide bonds. The van der Waals surface area contributed by atoms with Gasteiger partial charge in [-0.1, -0.05) is 13.3 Å². The Kier molecular flexibility index (Phi) is 4.09. The summed E-state index contributed by atoms with van der Waals surface area (Å²) in [5, 5.41) is 3.96. The summed E-state index contributed by atoms with van der Waals surface area (Å²) >= 11 is 0. The van der Waals surface area contributed by atoms with Gasteiger partial charge in [-0.2, -0.15) is 5.10 Å². The van der Waals surface area contributed by atoms with Gasteiger partial charge in [-0.25, -0.2) is 5.43 Å². The van der Waals surface area contributed by atoms with Gasteiger partial charge in [-0.15, -0.1) is 0 Å². The third-order valence-electron chi connectivity index (χ3n) is 1.92. The van der Waals surface area contributed by atoms with Crippen LogP contribution in [0.5, 0.6) is 0 Å². The lowest BCUT2D eigenvalue weighted by molar-refractivity contribution is 0.0925. The van der Waals surface area contributed by atoms with Crippen LogP contribution in [-0.4, -0.2) is 11.6 Å². The minimum absolute atomic E-state index is 0.292. The van der Waals surface area contributed by atoms with Crippen LogP contribution in [0.1, 0.15) is 43.0 Å². The number of furan rings is 1. The van der Waals surface area contributed by atoms with E-state index in [1.807, 2.05) is 6.92 Å². The molecular formula is C11H16N2O2. The van der Waals surface area contributed by atoms with Gasteiger partial charge in [-0.05, 0) is 32.4 Å². The summed E-state index contributed by atoms with van der Waals surface area (Å²) in [6.45, 7) is 5.75. The maximum Gasteiger partial charge on any atom is 0.307 e. The number of hydrogen-bond acceptors (Lipinski definition) is 3. The average Bonchev–Trinajstić information content (AvgIpc) is 2.62. The molecule has 1 aromatic heterocycles. The first kappa shape index (κ1) is 11.5. The van der Waals surface area contributed by atoms with Crippen LogP contribution in [0.2, 0.25) is 0 Å². The van der Waals surface area contributed by atoms with Gasteiger partial charge in [0.15, 0.2) is 5.76 Å². The molecule has 0 atom stereocenters. The Bertz CT molecular complexity index is 366. The van der Waals surface area contributed by atoms with Gasteiger partial charge in [0.2, 0.25) is 0 Å². The highest BCUT2D eigenvalue weighted by Gasteiger charge is 2.08. The van der Waals surface area contributed by atoms with Crippen molar-refractivity contribution in [2.45, 2.75) is 33.6 Å². The highest BCUT2D eigenvalue weighted by molar-refractivity contribution is 5.92. The summed E-state index contributed by atoms with van der Waals surface area (Å²) in [5.74, 6) is 0.702. The Balaban J connectivity index is 2.53. The summed E-state index contributed by atoms with van der Waals surface area (Å²) in [7, 11) is 0. The number of carbonyl (C=O) groups excluding carboxylic acids is 1. The number of nitrogens with one attached hydrogen (secondary N) is 1. The lowest BCUT2D eigenvalue weighted by Crippen LogP contribution is -2.18. The van der Waals surface area contributed by atoms with Gasteiger partial charge < -0.3 is 4.42 Å². The zero-order valence-corrected chi connectivity index (χ0v) is 9.33. The Morgan fingerprint density at radius 1 is 1.53 bits per heavy atom. The first-order valence-corrected chi connectivity index (χ1v) is 5.03. The van der Waals surface area contributed by atoms with Crippen molar-refractivity contribution in [3.63, 3.8) is 0 Å². The number of hydrazone groups is 1. The number of carbonyl (C=O) groups is 1. The monoisotopic (exact) mass is 208 g/mol. The molecule has 1 rings (SSSR count). The van der Waals surface area contributed by atoms with Crippen LogP contribution >= 0.6 is 0 Å². The topological polar surface area (TPSA) is 54.6 Å². The third-order valence-corrected chi connectivity index (χ3v) is 1.92. The Hall–Kier alpha value is -1.58. The maximum atomic E-state index is 11.5. The van der Waals surface area contributed by atoms with Gasteiger partial charge in [-0.3, -0.25) is 4.79 Å². The second kappa shape index (κ2) is 5.34. The first-order chi connectivity index (χ1) is 7.13. The quantitative estimate of drug-likeness (QED) is 0.610. The average molecular weight is 208 g/mol. The summed E-state index contributed by atoms with van der Waals surface area (Å²) in [6.07, 6.45) is 1.91. The van der Waals surface area contributed by atoms with Crippen LogP contribution in [0, 0.1) is 6.92 Å². The van der Waals surface area contributed by atoms with E-state index in [2.05, 4.69) is 17.5 Å². The molecule has 0 radical (unpaired) electrons. The number of nitrogens with zero attached hydrogens (tertiary/aromatic N) is 1. The molecule has 0 bridgehead atoms. The van der Waals surface area contributed by atoms with Crippen molar-refractivity contribution in [2.75, 3.05) is 0 Å². The van der Waals surface area contributed by atoms with Crippen LogP contribution in [-0.2, 0) is 0 Å². The second-order valence-corrected chi connectivity index (χ2v) is 3.45. The molecule has 0 fully saturated rings. The van der Waals surface area contributed by atoms with Crippen molar-refractivity contribution >= 4 is 11.6 Å². The summed E-state index contributed by atoms with van der Waals surface area (Å²) in [4.78, 5) is 11.5. The van der Waals surface area contributed by atoms with Crippen LogP contribution < -0.4 is 5.43 Å². The van der Waals surface area contributed by atoms with Crippen molar-refractivity contribution < 1.29 is 9.21 Å². The fourth-order valence-corrected chi connectivity index (χ4v) is 1.18. The standard InChI is InChI=1S/C11H16N2O2/c1-4-5-8(2)12-13-11(14)10-7-6-9(3)15-10/h6-7H,4-5H2,1-3H3,(H,13,14). The van der Waals surface area contributed by atoms with Gasteiger partial charge in [0.05, 0.1) is 0 Å². The molecule has 0 aliphatic rings. The molecule has 0 aliphatic carbocycles. The van der Waals surface area contributed by atoms with Gasteiger partial charge in [0.1, 0.15) is 5.76 Å². The van der Waals surface area contributed by atoms with Gasteiger partial charge >= 0.3 is 5.91 Å². The van der Waals surface area contributed by atoms with E-state index < -0.39 is 0 Å². The molecule has 0 saturated carbocycles. The Labute approximate surface area is 89.4 Å². The molecule has 82 valence electrons. The van der Waals surface area contributed by atoms with E-state index in [0.29, 0.717) is 5.76 Å². The molecule has 0 aliphatic heterocycles. The van der Waals surface area contributed by atoms with E-state index in [0.717, 1.165) is 24.3 Å². The summed E-state index contributed by atoms with van der Waals surface area (Å²) in [6, 6.07) is 3.38. The van der Waals surface area contributed by atoms with Crippen molar-refractivity contribution in [1.29, 1.82) is 0 Å². The Morgan fingerprint density at radius 2 is 2.27 bits per heavy atom. The first-order valence-electron chi connectivity index (χ1n) is 5.03. The van der Waals surface area contributed by atoms with Gasteiger partial charge in [0.25, 0.3) is 0 Å². The third kappa shape index (κ3) is 3.58. The normalized spacial score (nSPS) is 11.5. The maximum absolute atomic E-state index is 11.5. The minimum Gasteiger partial charge on any atom is -0.456 e. The predicted molar refractivity (Wildman–Crippen MR) is 58.9 cm³/mol. The van der Waals surface area contributed by atoms with Crippen LogP contribution in [0.25, 0.3) is 0 Å². The fraction of sp³-hybridized carbons (Fsp3) is 0.455. The molecule has 15 heavy (non-hydrogen) atoms. The molecular weight excluding hydrogens is 192 g/mol. The highest BCUT2D eigenvalue weighted by atomic mass is 16.3. The van der Waals surface area contributed by atoms with Crippen LogP contribution in [0.4, 0.5) is 0 Å². The molecule has 4 nitrogen and oxygen atoms in total. The van der Waals surface area contributed by atoms with Crippen molar-refractivity contribution in [3.05, 3.63) is 23.7 Å². The van der Waals surface area contributed by atoms with E-state index in [4.69, 9.17) is 4.42 Å². The predicted octanol–water partition coefficient (Wildman–Crippen LogP) is 2.49. The highest BCUT2D eigenvalue weighted by Crippen LogP contribution is 2.05. The van der Waals surface area contributed by atoms with Crippen molar-refractivity contribution in [3.8, 4) is 0 Å². The SMILES string of the molecule is CCCC(C)=NNC(=O)c1ccc(C)o1. The number of aryl methyl sites for hydroxylation is 1. The van der Waals surface area contributed by atoms with E-state index in [1.54, 1.807) is 19.1 Å². The largest absolute Gasteiger partial charge is 0.456 e. The molecule has 0 saturated heterocycles. The summed E-state index contributed by atoms with van der Waals surface area (Å²) in [5.41, 5.74) is 3.36. The molecule has 0 unspecified atom stereocenters.